The van der Waals surface area contributed by atoms with Crippen molar-refractivity contribution in [2.24, 2.45) is 0 Å². The summed E-state index contributed by atoms with van der Waals surface area (Å²) in [6.07, 6.45) is 3.16. The van der Waals surface area contributed by atoms with Crippen LogP contribution in [0.1, 0.15) is 37.3 Å². The molecule has 1 N–H and O–H groups in total. The number of fused-ring (bicyclic) bond motifs is 1. The summed E-state index contributed by atoms with van der Waals surface area (Å²) >= 11 is 0. The molecule has 1 saturated carbocycles. The second-order valence-electron chi connectivity index (χ2n) is 9.07. The van der Waals surface area contributed by atoms with Crippen LogP contribution in [0, 0.1) is 0 Å². The summed E-state index contributed by atoms with van der Waals surface area (Å²) in [6, 6.07) is 23.0. The van der Waals surface area contributed by atoms with Crippen molar-refractivity contribution in [1.29, 1.82) is 0 Å². The van der Waals surface area contributed by atoms with Crippen molar-refractivity contribution in [3.8, 4) is 17.2 Å². The van der Waals surface area contributed by atoms with E-state index in [4.69, 9.17) is 14.2 Å². The quantitative estimate of drug-likeness (QED) is 0.525. The molecule has 5 rings (SSSR count). The molecule has 1 aliphatic heterocycles. The zero-order valence-electron chi connectivity index (χ0n) is 20.3. The summed E-state index contributed by atoms with van der Waals surface area (Å²) in [4.78, 5) is 29.5. The molecule has 0 spiro atoms. The fourth-order valence-electron chi connectivity index (χ4n) is 4.84. The fraction of sp³-hybridized carbons (Fsp3) is 0.310. The van der Waals surface area contributed by atoms with E-state index >= 15 is 0 Å². The van der Waals surface area contributed by atoms with Crippen molar-refractivity contribution in [3.05, 3.63) is 84.4 Å². The maximum Gasteiger partial charge on any atom is 0.272 e. The summed E-state index contributed by atoms with van der Waals surface area (Å²) in [5, 5.41) is 3.19. The normalized spacial score (nSPS) is 17.8. The van der Waals surface area contributed by atoms with E-state index in [0.717, 1.165) is 25.7 Å². The van der Waals surface area contributed by atoms with Crippen LogP contribution in [-0.4, -0.2) is 37.7 Å². The average Bonchev–Trinajstić information content (AvgIpc) is 3.44. The molecule has 3 aromatic carbocycles. The van der Waals surface area contributed by atoms with Gasteiger partial charge in [0.2, 0.25) is 12.0 Å². The molecule has 36 heavy (non-hydrogen) atoms. The molecule has 0 saturated heterocycles. The van der Waals surface area contributed by atoms with Crippen molar-refractivity contribution in [1.82, 2.24) is 5.32 Å². The first-order chi connectivity index (χ1) is 17.6. The summed E-state index contributed by atoms with van der Waals surface area (Å²) in [7, 11) is 1.59. The Labute approximate surface area is 211 Å². The van der Waals surface area contributed by atoms with E-state index in [1.807, 2.05) is 54.6 Å². The zero-order valence-corrected chi connectivity index (χ0v) is 20.3. The summed E-state index contributed by atoms with van der Waals surface area (Å²) in [5.74, 6) is 1.21. The molecule has 3 aromatic rings. The number of hydrogen-bond donors (Lipinski definition) is 1. The molecule has 1 heterocycles. The van der Waals surface area contributed by atoms with E-state index in [9.17, 15) is 9.59 Å². The lowest BCUT2D eigenvalue weighted by Gasteiger charge is -2.35. The highest BCUT2D eigenvalue weighted by Gasteiger charge is 2.39. The summed E-state index contributed by atoms with van der Waals surface area (Å²) in [6.45, 7) is 0.0543. The molecule has 1 fully saturated rings. The van der Waals surface area contributed by atoms with Crippen LogP contribution in [0.15, 0.2) is 78.9 Å². The lowest BCUT2D eigenvalue weighted by atomic mass is 10.0. The number of carbonyl (C=O) groups excluding carboxylic acids is 2. The van der Waals surface area contributed by atoms with Gasteiger partial charge in [-0.2, -0.15) is 0 Å². The third kappa shape index (κ3) is 5.00. The molecular formula is C29H30N2O5. The number of amides is 2. The van der Waals surface area contributed by atoms with Crippen molar-refractivity contribution in [3.63, 3.8) is 0 Å². The van der Waals surface area contributed by atoms with Crippen LogP contribution in [0.2, 0.25) is 0 Å². The number of rotatable bonds is 7. The van der Waals surface area contributed by atoms with Crippen molar-refractivity contribution in [2.75, 3.05) is 18.6 Å². The van der Waals surface area contributed by atoms with Crippen LogP contribution < -0.4 is 24.4 Å². The smallest absolute Gasteiger partial charge is 0.272 e. The van der Waals surface area contributed by atoms with Gasteiger partial charge >= 0.3 is 0 Å². The van der Waals surface area contributed by atoms with Gasteiger partial charge in [-0.3, -0.25) is 14.5 Å². The Morgan fingerprint density at radius 3 is 2.28 bits per heavy atom. The van der Waals surface area contributed by atoms with Crippen LogP contribution in [0.4, 0.5) is 5.69 Å². The Morgan fingerprint density at radius 1 is 0.917 bits per heavy atom. The number of hydrogen-bond acceptors (Lipinski definition) is 5. The number of para-hydroxylation sites is 3. The molecule has 0 aromatic heterocycles. The van der Waals surface area contributed by atoms with Gasteiger partial charge in [0.05, 0.1) is 7.11 Å². The number of nitrogens with zero attached hydrogens (tertiary/aromatic N) is 1. The SMILES string of the molecule is COc1ccc([C@H](C(=O)NC2CCCC2)N(C(=O)[C@@H]2COc3ccccc3O2)c2ccccc2)cc1. The van der Waals surface area contributed by atoms with Crippen molar-refractivity contribution < 1.29 is 23.8 Å². The topological polar surface area (TPSA) is 77.1 Å². The van der Waals surface area contributed by atoms with Crippen molar-refractivity contribution >= 4 is 17.5 Å². The minimum Gasteiger partial charge on any atom is -0.497 e. The Balaban J connectivity index is 1.53. The first-order valence-electron chi connectivity index (χ1n) is 12.3. The Morgan fingerprint density at radius 2 is 1.58 bits per heavy atom. The van der Waals surface area contributed by atoms with Crippen molar-refractivity contribution in [2.45, 2.75) is 43.9 Å². The molecule has 186 valence electrons. The maximum atomic E-state index is 14.1. The Hall–Kier alpha value is -4.00. The molecule has 0 radical (unpaired) electrons. The van der Waals surface area contributed by atoms with Crippen LogP contribution >= 0.6 is 0 Å². The van der Waals surface area contributed by atoms with Gasteiger partial charge in [-0.05, 0) is 54.8 Å². The second kappa shape index (κ2) is 10.7. The Kier molecular flexibility index (Phi) is 7.07. The lowest BCUT2D eigenvalue weighted by Crippen LogP contribution is -2.52. The van der Waals surface area contributed by atoms with Gasteiger partial charge < -0.3 is 19.5 Å². The van der Waals surface area contributed by atoms with Crippen LogP contribution in [0.3, 0.4) is 0 Å². The van der Waals surface area contributed by atoms with Crippen LogP contribution in [0.5, 0.6) is 17.2 Å². The number of ether oxygens (including phenoxy) is 3. The van der Waals surface area contributed by atoms with Gasteiger partial charge in [0, 0.05) is 11.7 Å². The first-order valence-corrected chi connectivity index (χ1v) is 12.3. The third-order valence-corrected chi connectivity index (χ3v) is 6.70. The predicted molar refractivity (Wildman–Crippen MR) is 136 cm³/mol. The van der Waals surface area contributed by atoms with E-state index < -0.39 is 12.1 Å². The third-order valence-electron chi connectivity index (χ3n) is 6.70. The lowest BCUT2D eigenvalue weighted by molar-refractivity contribution is -0.132. The number of benzene rings is 3. The summed E-state index contributed by atoms with van der Waals surface area (Å²) in [5.41, 5.74) is 1.29. The predicted octanol–water partition coefficient (Wildman–Crippen LogP) is 4.67. The standard InChI is InChI=1S/C29H30N2O5/c1-34-23-17-15-20(16-18-23)27(28(32)30-21-9-5-6-10-21)31(22-11-3-2-4-12-22)29(33)26-19-35-24-13-7-8-14-25(24)36-26/h2-4,7-8,11-18,21,26-27H,5-6,9-10,19H2,1H3,(H,30,32)/t26-,27+/m0/s1. The van der Waals surface area contributed by atoms with Gasteiger partial charge in [0.25, 0.3) is 5.91 Å². The maximum absolute atomic E-state index is 14.1. The molecule has 2 atom stereocenters. The van der Waals surface area contributed by atoms with Gasteiger partial charge in [-0.25, -0.2) is 0 Å². The van der Waals surface area contributed by atoms with E-state index in [1.54, 1.807) is 31.4 Å². The van der Waals surface area contributed by atoms with Crippen LogP contribution in [-0.2, 0) is 9.59 Å². The largest absolute Gasteiger partial charge is 0.497 e. The molecule has 0 unspecified atom stereocenters. The number of nitrogens with one attached hydrogen (secondary N) is 1. The minimum absolute atomic E-state index is 0.0543. The zero-order chi connectivity index (χ0) is 24.9. The average molecular weight is 487 g/mol. The van der Waals surface area contributed by atoms with Gasteiger partial charge in [0.15, 0.2) is 11.5 Å². The van der Waals surface area contributed by atoms with E-state index in [1.165, 1.54) is 4.90 Å². The second-order valence-corrected chi connectivity index (χ2v) is 9.07. The number of anilines is 1. The molecule has 7 heteroatoms. The monoisotopic (exact) mass is 486 g/mol. The minimum atomic E-state index is -0.903. The van der Waals surface area contributed by atoms with Crippen LogP contribution in [0.25, 0.3) is 0 Å². The fourth-order valence-corrected chi connectivity index (χ4v) is 4.84. The van der Waals surface area contributed by atoms with Gasteiger partial charge in [0.1, 0.15) is 18.4 Å². The van der Waals surface area contributed by atoms with Gasteiger partial charge in [-0.15, -0.1) is 0 Å². The number of carbonyl (C=O) groups is 2. The molecular weight excluding hydrogens is 456 g/mol. The van der Waals surface area contributed by atoms with Gasteiger partial charge in [-0.1, -0.05) is 55.3 Å². The highest BCUT2D eigenvalue weighted by atomic mass is 16.6. The first kappa shape index (κ1) is 23.7. The molecule has 2 aliphatic rings. The van der Waals surface area contributed by atoms with E-state index in [0.29, 0.717) is 28.5 Å². The molecule has 1 aliphatic carbocycles. The van der Waals surface area contributed by atoms with E-state index in [-0.39, 0.29) is 24.5 Å². The highest BCUT2D eigenvalue weighted by molar-refractivity contribution is 6.03. The van der Waals surface area contributed by atoms with E-state index in [2.05, 4.69) is 5.32 Å². The molecule has 2 amide bonds. The molecule has 7 nitrogen and oxygen atoms in total. The Bertz CT molecular complexity index is 1190. The number of methoxy groups -OCH3 is 1. The highest BCUT2D eigenvalue weighted by Crippen LogP contribution is 2.35. The summed E-state index contributed by atoms with van der Waals surface area (Å²) < 4.78 is 17.2. The molecule has 0 bridgehead atoms.